The normalized spacial score (nSPS) is 18.3. The molecule has 1 unspecified atom stereocenters. The first-order valence-corrected chi connectivity index (χ1v) is 9.46. The molecule has 0 bridgehead atoms. The number of rotatable bonds is 7. The van der Waals surface area contributed by atoms with Gasteiger partial charge < -0.3 is 9.52 Å². The van der Waals surface area contributed by atoms with E-state index in [1.165, 1.54) is 18.1 Å². The summed E-state index contributed by atoms with van der Waals surface area (Å²) in [5.41, 5.74) is 0.969. The molecule has 1 atom stereocenters. The molecule has 0 aliphatic carbocycles. The van der Waals surface area contributed by atoms with E-state index < -0.39 is 0 Å². The van der Waals surface area contributed by atoms with Gasteiger partial charge in [0.05, 0.1) is 6.54 Å². The first-order valence-electron chi connectivity index (χ1n) is 9.46. The average molecular weight is 356 g/mol. The Morgan fingerprint density at radius 3 is 2.85 bits per heavy atom. The van der Waals surface area contributed by atoms with E-state index in [9.17, 15) is 9.90 Å². The SMILES string of the molecule is CCCN(Cc1cc(=O)c(O)co1)C1CCCN(Cc2ccccc2)C1. The topological polar surface area (TPSA) is 56.9 Å². The summed E-state index contributed by atoms with van der Waals surface area (Å²) < 4.78 is 5.42. The van der Waals surface area contributed by atoms with Crippen LogP contribution in [0, 0.1) is 0 Å². The zero-order valence-corrected chi connectivity index (χ0v) is 15.4. The highest BCUT2D eigenvalue weighted by Gasteiger charge is 2.25. The van der Waals surface area contributed by atoms with Crippen molar-refractivity contribution in [2.45, 2.75) is 45.3 Å². The van der Waals surface area contributed by atoms with Crippen LogP contribution < -0.4 is 5.43 Å². The summed E-state index contributed by atoms with van der Waals surface area (Å²) in [7, 11) is 0. The van der Waals surface area contributed by atoms with E-state index in [1.54, 1.807) is 0 Å². The summed E-state index contributed by atoms with van der Waals surface area (Å²) in [5.74, 6) is 0.281. The Kier molecular flexibility index (Phi) is 6.47. The van der Waals surface area contributed by atoms with Crippen LogP contribution in [0.3, 0.4) is 0 Å². The van der Waals surface area contributed by atoms with Crippen LogP contribution >= 0.6 is 0 Å². The highest BCUT2D eigenvalue weighted by atomic mass is 16.4. The molecule has 0 radical (unpaired) electrons. The molecule has 1 N–H and O–H groups in total. The number of hydrogen-bond donors (Lipinski definition) is 1. The predicted octanol–water partition coefficient (Wildman–Crippen LogP) is 3.22. The number of aromatic hydroxyl groups is 1. The van der Waals surface area contributed by atoms with Crippen LogP contribution in [0.1, 0.15) is 37.5 Å². The van der Waals surface area contributed by atoms with Crippen molar-refractivity contribution in [3.63, 3.8) is 0 Å². The molecular formula is C21H28N2O3. The Balaban J connectivity index is 1.66. The van der Waals surface area contributed by atoms with Crippen LogP contribution in [-0.2, 0) is 13.1 Å². The monoisotopic (exact) mass is 356 g/mol. The van der Waals surface area contributed by atoms with Gasteiger partial charge in [0.25, 0.3) is 0 Å². The van der Waals surface area contributed by atoms with Crippen LogP contribution in [-0.4, -0.2) is 40.6 Å². The Labute approximate surface area is 154 Å². The lowest BCUT2D eigenvalue weighted by Gasteiger charge is -2.39. The maximum absolute atomic E-state index is 11.7. The first-order chi connectivity index (χ1) is 12.7. The number of hydrogen-bond acceptors (Lipinski definition) is 5. The predicted molar refractivity (Wildman–Crippen MR) is 102 cm³/mol. The molecule has 5 nitrogen and oxygen atoms in total. The molecule has 5 heteroatoms. The van der Waals surface area contributed by atoms with Crippen molar-refractivity contribution in [3.8, 4) is 5.75 Å². The van der Waals surface area contributed by atoms with E-state index >= 15 is 0 Å². The van der Waals surface area contributed by atoms with Crippen molar-refractivity contribution in [2.24, 2.45) is 0 Å². The van der Waals surface area contributed by atoms with Gasteiger partial charge in [-0.1, -0.05) is 37.3 Å². The highest BCUT2D eigenvalue weighted by Crippen LogP contribution is 2.20. The van der Waals surface area contributed by atoms with Crippen LogP contribution in [0.4, 0.5) is 0 Å². The van der Waals surface area contributed by atoms with Gasteiger partial charge in [-0.25, -0.2) is 0 Å². The van der Waals surface area contributed by atoms with Crippen molar-refractivity contribution in [1.82, 2.24) is 9.80 Å². The maximum atomic E-state index is 11.7. The van der Waals surface area contributed by atoms with Gasteiger partial charge >= 0.3 is 0 Å². The Bertz CT molecular complexity index is 744. The molecule has 140 valence electrons. The second kappa shape index (κ2) is 9.01. The van der Waals surface area contributed by atoms with Gasteiger partial charge in [0.2, 0.25) is 5.43 Å². The molecule has 26 heavy (non-hydrogen) atoms. The van der Waals surface area contributed by atoms with E-state index in [2.05, 4.69) is 47.1 Å². The molecule has 1 aromatic heterocycles. The molecule has 3 rings (SSSR count). The lowest BCUT2D eigenvalue weighted by molar-refractivity contribution is 0.0821. The second-order valence-corrected chi connectivity index (χ2v) is 7.08. The van der Waals surface area contributed by atoms with Crippen LogP contribution in [0.5, 0.6) is 5.75 Å². The van der Waals surface area contributed by atoms with Crippen molar-refractivity contribution in [3.05, 3.63) is 64.2 Å². The van der Waals surface area contributed by atoms with Gasteiger partial charge in [-0.3, -0.25) is 14.6 Å². The average Bonchev–Trinajstić information content (AvgIpc) is 2.65. The molecule has 1 aromatic carbocycles. The molecule has 2 aromatic rings. The minimum absolute atomic E-state index is 0.331. The number of likely N-dealkylation sites (tertiary alicyclic amines) is 1. The van der Waals surface area contributed by atoms with E-state index in [1.807, 2.05) is 0 Å². The third kappa shape index (κ3) is 4.96. The quantitative estimate of drug-likeness (QED) is 0.825. The molecular weight excluding hydrogens is 328 g/mol. The second-order valence-electron chi connectivity index (χ2n) is 7.08. The van der Waals surface area contributed by atoms with Gasteiger partial charge in [0.15, 0.2) is 5.75 Å². The fourth-order valence-corrected chi connectivity index (χ4v) is 3.72. The summed E-state index contributed by atoms with van der Waals surface area (Å²) in [6, 6.07) is 12.4. The summed E-state index contributed by atoms with van der Waals surface area (Å²) in [4.78, 5) is 16.6. The molecule has 1 saturated heterocycles. The standard InChI is InChI=1S/C21H28N2O3/c1-2-10-23(15-19-12-20(24)21(25)16-26-19)18-9-6-11-22(14-18)13-17-7-4-3-5-8-17/h3-5,7-8,12,16,18,25H,2,6,9-11,13-15H2,1H3. The van der Waals surface area contributed by atoms with E-state index in [0.29, 0.717) is 18.3 Å². The lowest BCUT2D eigenvalue weighted by atomic mass is 10.0. The number of nitrogens with zero attached hydrogens (tertiary/aromatic N) is 2. The van der Waals surface area contributed by atoms with Gasteiger partial charge in [0, 0.05) is 25.2 Å². The number of piperidine rings is 1. The van der Waals surface area contributed by atoms with Crippen molar-refractivity contribution < 1.29 is 9.52 Å². The third-order valence-electron chi connectivity index (χ3n) is 4.98. The molecule has 0 amide bonds. The zero-order chi connectivity index (χ0) is 18.4. The maximum Gasteiger partial charge on any atom is 0.226 e. The summed E-state index contributed by atoms with van der Waals surface area (Å²) >= 11 is 0. The molecule has 1 aliphatic rings. The first kappa shape index (κ1) is 18.7. The largest absolute Gasteiger partial charge is 0.502 e. The fourth-order valence-electron chi connectivity index (χ4n) is 3.72. The Hall–Kier alpha value is -2.11. The van der Waals surface area contributed by atoms with Crippen LogP contribution in [0.25, 0.3) is 0 Å². The summed E-state index contributed by atoms with van der Waals surface area (Å²) in [6.45, 7) is 6.87. The molecule has 2 heterocycles. The fraction of sp³-hybridized carbons (Fsp3) is 0.476. The molecule has 0 saturated carbocycles. The number of benzene rings is 1. The zero-order valence-electron chi connectivity index (χ0n) is 15.4. The minimum atomic E-state index is -0.378. The lowest BCUT2D eigenvalue weighted by Crippen LogP contribution is -2.47. The van der Waals surface area contributed by atoms with Crippen molar-refractivity contribution in [2.75, 3.05) is 19.6 Å². The third-order valence-corrected chi connectivity index (χ3v) is 4.98. The molecule has 1 fully saturated rings. The van der Waals surface area contributed by atoms with Crippen molar-refractivity contribution >= 4 is 0 Å². The Morgan fingerprint density at radius 2 is 2.12 bits per heavy atom. The van der Waals surface area contributed by atoms with Crippen LogP contribution in [0.15, 0.2) is 51.9 Å². The van der Waals surface area contributed by atoms with Gasteiger partial charge in [0.1, 0.15) is 12.0 Å². The van der Waals surface area contributed by atoms with Gasteiger partial charge in [-0.05, 0) is 37.9 Å². The highest BCUT2D eigenvalue weighted by molar-refractivity contribution is 5.16. The minimum Gasteiger partial charge on any atom is -0.502 e. The van der Waals surface area contributed by atoms with E-state index in [4.69, 9.17) is 4.42 Å². The van der Waals surface area contributed by atoms with Crippen LogP contribution in [0.2, 0.25) is 0 Å². The molecule has 0 spiro atoms. The smallest absolute Gasteiger partial charge is 0.226 e. The van der Waals surface area contributed by atoms with Gasteiger partial charge in [-0.2, -0.15) is 0 Å². The van der Waals surface area contributed by atoms with Gasteiger partial charge in [-0.15, -0.1) is 0 Å². The Morgan fingerprint density at radius 1 is 1.31 bits per heavy atom. The van der Waals surface area contributed by atoms with E-state index in [0.717, 1.165) is 45.3 Å². The molecule has 1 aliphatic heterocycles. The summed E-state index contributed by atoms with van der Waals surface area (Å²) in [6.07, 6.45) is 4.53. The van der Waals surface area contributed by atoms with Crippen molar-refractivity contribution in [1.29, 1.82) is 0 Å². The van der Waals surface area contributed by atoms with E-state index in [-0.39, 0.29) is 11.2 Å². The summed E-state index contributed by atoms with van der Waals surface area (Å²) in [5, 5.41) is 9.38.